The van der Waals surface area contributed by atoms with Gasteiger partial charge >= 0.3 is 0 Å². The van der Waals surface area contributed by atoms with E-state index >= 15 is 0 Å². The van der Waals surface area contributed by atoms with E-state index in [-0.39, 0.29) is 17.7 Å². The van der Waals surface area contributed by atoms with Gasteiger partial charge in [-0.2, -0.15) is 0 Å². The third-order valence-electron chi connectivity index (χ3n) is 3.78. The number of nitrogens with one attached hydrogen (secondary N) is 1. The maximum Gasteiger partial charge on any atom is 0.230 e. The summed E-state index contributed by atoms with van der Waals surface area (Å²) >= 11 is 7.12. The second kappa shape index (κ2) is 8.25. The highest BCUT2D eigenvalue weighted by atomic mass is 35.5. The van der Waals surface area contributed by atoms with Gasteiger partial charge < -0.3 is 11.2 Å². The van der Waals surface area contributed by atoms with E-state index in [0.29, 0.717) is 16.0 Å². The monoisotopic (exact) mass is 387 g/mol. The zero-order chi connectivity index (χ0) is 18.5. The van der Waals surface area contributed by atoms with Crippen molar-refractivity contribution in [1.82, 2.24) is 20.2 Å². The number of hydrogen-bond acceptors (Lipinski definition) is 5. The number of halogens is 1. The molecule has 0 fully saturated rings. The van der Waals surface area contributed by atoms with Crippen molar-refractivity contribution >= 4 is 29.3 Å². The molecule has 3 rings (SSSR count). The van der Waals surface area contributed by atoms with E-state index in [1.807, 2.05) is 49.4 Å². The highest BCUT2D eigenvalue weighted by Crippen LogP contribution is 2.21. The number of nitrogen functional groups attached to an aromatic ring is 1. The molecule has 0 saturated heterocycles. The van der Waals surface area contributed by atoms with Gasteiger partial charge in [0.15, 0.2) is 5.82 Å². The molecule has 1 heterocycles. The average Bonchev–Trinajstić information content (AvgIpc) is 3.02. The van der Waals surface area contributed by atoms with Crippen LogP contribution in [-0.4, -0.2) is 26.5 Å². The molecule has 1 atom stereocenters. The van der Waals surface area contributed by atoms with Gasteiger partial charge in [-0.15, -0.1) is 10.2 Å². The second-order valence-electron chi connectivity index (χ2n) is 5.67. The standard InChI is InChI=1S/C18H18ClN5OS/c1-12(13-7-9-15(19)10-8-13)21-16(25)11-26-18-23-22-17(24(18)20)14-5-3-2-4-6-14/h2-10,12H,11,20H2,1H3,(H,21,25). The Balaban J connectivity index is 1.58. The van der Waals surface area contributed by atoms with E-state index in [9.17, 15) is 4.79 Å². The number of nitrogens with two attached hydrogens (primary N) is 1. The van der Waals surface area contributed by atoms with E-state index in [4.69, 9.17) is 17.4 Å². The molecule has 26 heavy (non-hydrogen) atoms. The summed E-state index contributed by atoms with van der Waals surface area (Å²) in [6.45, 7) is 1.92. The third-order valence-corrected chi connectivity index (χ3v) is 4.97. The summed E-state index contributed by atoms with van der Waals surface area (Å²) in [6, 6.07) is 16.8. The fraction of sp³-hybridized carbons (Fsp3) is 0.167. The zero-order valence-electron chi connectivity index (χ0n) is 14.1. The molecule has 0 bridgehead atoms. The van der Waals surface area contributed by atoms with Crippen molar-refractivity contribution in [1.29, 1.82) is 0 Å². The van der Waals surface area contributed by atoms with E-state index in [0.717, 1.165) is 11.1 Å². The number of hydrogen-bond donors (Lipinski definition) is 2. The average molecular weight is 388 g/mol. The zero-order valence-corrected chi connectivity index (χ0v) is 15.7. The lowest BCUT2D eigenvalue weighted by Crippen LogP contribution is -2.28. The fourth-order valence-electron chi connectivity index (χ4n) is 2.41. The van der Waals surface area contributed by atoms with Crippen molar-refractivity contribution in [3.63, 3.8) is 0 Å². The van der Waals surface area contributed by atoms with E-state index in [1.54, 1.807) is 12.1 Å². The van der Waals surface area contributed by atoms with Crippen LogP contribution in [0.5, 0.6) is 0 Å². The molecule has 0 saturated carbocycles. The highest BCUT2D eigenvalue weighted by molar-refractivity contribution is 7.99. The summed E-state index contributed by atoms with van der Waals surface area (Å²) in [5.41, 5.74) is 1.86. The molecule has 134 valence electrons. The smallest absolute Gasteiger partial charge is 0.230 e. The Morgan fingerprint density at radius 1 is 1.19 bits per heavy atom. The minimum Gasteiger partial charge on any atom is -0.349 e. The summed E-state index contributed by atoms with van der Waals surface area (Å²) in [6.07, 6.45) is 0. The molecule has 3 aromatic rings. The van der Waals surface area contributed by atoms with Crippen LogP contribution in [0.1, 0.15) is 18.5 Å². The number of rotatable bonds is 6. The lowest BCUT2D eigenvalue weighted by atomic mass is 10.1. The van der Waals surface area contributed by atoms with Crippen molar-refractivity contribution in [2.75, 3.05) is 11.6 Å². The Hall–Kier alpha value is -2.51. The van der Waals surface area contributed by atoms with Gasteiger partial charge in [0.05, 0.1) is 11.8 Å². The molecule has 0 aliphatic carbocycles. The van der Waals surface area contributed by atoms with Gasteiger partial charge in [-0.25, -0.2) is 4.68 Å². The Morgan fingerprint density at radius 2 is 1.88 bits per heavy atom. The quantitative estimate of drug-likeness (QED) is 0.500. The van der Waals surface area contributed by atoms with Crippen LogP contribution in [-0.2, 0) is 4.79 Å². The number of carbonyl (C=O) groups is 1. The predicted octanol–water partition coefficient (Wildman–Crippen LogP) is 3.28. The number of amides is 1. The molecule has 8 heteroatoms. The first-order valence-corrected chi connectivity index (χ1v) is 9.34. The normalized spacial score (nSPS) is 11.9. The number of benzene rings is 2. The molecule has 0 aliphatic rings. The molecule has 1 aromatic heterocycles. The Labute approximate surface area is 160 Å². The van der Waals surface area contributed by atoms with Gasteiger partial charge in [0.2, 0.25) is 11.1 Å². The maximum atomic E-state index is 12.2. The maximum absolute atomic E-state index is 12.2. The lowest BCUT2D eigenvalue weighted by Gasteiger charge is -2.14. The fourth-order valence-corrected chi connectivity index (χ4v) is 3.20. The van der Waals surface area contributed by atoms with Gasteiger partial charge in [0.1, 0.15) is 0 Å². The van der Waals surface area contributed by atoms with Crippen LogP contribution in [0.25, 0.3) is 11.4 Å². The van der Waals surface area contributed by atoms with Crippen LogP contribution in [0.4, 0.5) is 0 Å². The summed E-state index contributed by atoms with van der Waals surface area (Å²) in [5, 5.41) is 12.3. The lowest BCUT2D eigenvalue weighted by molar-refractivity contribution is -0.119. The minimum absolute atomic E-state index is 0.110. The van der Waals surface area contributed by atoms with Crippen molar-refractivity contribution < 1.29 is 4.79 Å². The molecular weight excluding hydrogens is 370 g/mol. The van der Waals surface area contributed by atoms with Gasteiger partial charge in [-0.3, -0.25) is 4.79 Å². The van der Waals surface area contributed by atoms with Crippen LogP contribution < -0.4 is 11.2 Å². The minimum atomic E-state index is -0.115. The van der Waals surface area contributed by atoms with Crippen molar-refractivity contribution in [3.8, 4) is 11.4 Å². The first kappa shape index (κ1) is 18.3. The number of thioether (sulfide) groups is 1. The summed E-state index contributed by atoms with van der Waals surface area (Å²) < 4.78 is 1.40. The molecule has 1 amide bonds. The highest BCUT2D eigenvalue weighted by Gasteiger charge is 2.15. The SMILES string of the molecule is CC(NC(=O)CSc1nnc(-c2ccccc2)n1N)c1ccc(Cl)cc1. The van der Waals surface area contributed by atoms with Crippen LogP contribution >= 0.6 is 23.4 Å². The molecule has 0 aliphatic heterocycles. The predicted molar refractivity (Wildman–Crippen MR) is 104 cm³/mol. The Morgan fingerprint density at radius 3 is 2.58 bits per heavy atom. The number of carbonyl (C=O) groups excluding carboxylic acids is 1. The van der Waals surface area contributed by atoms with Gasteiger partial charge in [-0.05, 0) is 24.6 Å². The summed E-state index contributed by atoms with van der Waals surface area (Å²) in [7, 11) is 0. The molecule has 2 aromatic carbocycles. The van der Waals surface area contributed by atoms with E-state index in [2.05, 4.69) is 15.5 Å². The largest absolute Gasteiger partial charge is 0.349 e. The Bertz CT molecular complexity index is 882. The second-order valence-corrected chi connectivity index (χ2v) is 7.05. The van der Waals surface area contributed by atoms with Gasteiger partial charge in [0.25, 0.3) is 0 Å². The van der Waals surface area contributed by atoms with Crippen LogP contribution in [0.3, 0.4) is 0 Å². The third kappa shape index (κ3) is 4.36. The summed E-state index contributed by atoms with van der Waals surface area (Å²) in [4.78, 5) is 12.2. The van der Waals surface area contributed by atoms with Crippen molar-refractivity contribution in [2.45, 2.75) is 18.1 Å². The number of nitrogens with zero attached hydrogens (tertiary/aromatic N) is 3. The van der Waals surface area contributed by atoms with Crippen molar-refractivity contribution in [2.24, 2.45) is 0 Å². The van der Waals surface area contributed by atoms with Crippen LogP contribution in [0, 0.1) is 0 Å². The topological polar surface area (TPSA) is 85.8 Å². The Kier molecular flexibility index (Phi) is 5.80. The van der Waals surface area contributed by atoms with Crippen LogP contribution in [0.2, 0.25) is 5.02 Å². The molecule has 0 spiro atoms. The first-order valence-electron chi connectivity index (χ1n) is 7.98. The molecule has 1 unspecified atom stereocenters. The van der Waals surface area contributed by atoms with Gasteiger partial charge in [0, 0.05) is 10.6 Å². The first-order chi connectivity index (χ1) is 12.5. The van der Waals surface area contributed by atoms with Crippen LogP contribution in [0.15, 0.2) is 59.8 Å². The molecule has 6 nitrogen and oxygen atoms in total. The van der Waals surface area contributed by atoms with E-state index in [1.165, 1.54) is 16.4 Å². The van der Waals surface area contributed by atoms with E-state index < -0.39 is 0 Å². The molecule has 0 radical (unpaired) electrons. The van der Waals surface area contributed by atoms with Crippen molar-refractivity contribution in [3.05, 3.63) is 65.2 Å². The summed E-state index contributed by atoms with van der Waals surface area (Å²) in [5.74, 6) is 6.70. The molecular formula is C18H18ClN5OS. The van der Waals surface area contributed by atoms with Gasteiger partial charge in [-0.1, -0.05) is 65.8 Å². The molecule has 3 N–H and O–H groups in total. The number of aromatic nitrogens is 3.